The summed E-state index contributed by atoms with van der Waals surface area (Å²) in [6.07, 6.45) is 0. The van der Waals surface area contributed by atoms with E-state index < -0.39 is 11.9 Å². The molecule has 0 aliphatic rings. The summed E-state index contributed by atoms with van der Waals surface area (Å²) < 4.78 is 18.1. The van der Waals surface area contributed by atoms with Crippen molar-refractivity contribution in [3.63, 3.8) is 0 Å². The van der Waals surface area contributed by atoms with Gasteiger partial charge in [0.1, 0.15) is 5.69 Å². The molecule has 10 nitrogen and oxygen atoms in total. The summed E-state index contributed by atoms with van der Waals surface area (Å²) in [5.41, 5.74) is 6.95. The summed E-state index contributed by atoms with van der Waals surface area (Å²) in [5, 5.41) is 9.03. The first-order valence-electron chi connectivity index (χ1n) is 8.22. The van der Waals surface area contributed by atoms with E-state index in [-0.39, 0.29) is 34.7 Å². The fraction of sp³-hybridized carbons (Fsp3) is 0.250. The van der Waals surface area contributed by atoms with E-state index in [0.29, 0.717) is 11.4 Å². The monoisotopic (exact) mass is 420 g/mol. The normalized spacial score (nSPS) is 10.6. The van der Waals surface area contributed by atoms with Crippen LogP contribution in [-0.4, -0.2) is 48.9 Å². The van der Waals surface area contributed by atoms with Crippen molar-refractivity contribution in [2.24, 2.45) is 0 Å². The van der Waals surface area contributed by atoms with Gasteiger partial charge in [-0.15, -0.1) is 15.0 Å². The summed E-state index contributed by atoms with van der Waals surface area (Å²) >= 11 is 1.83. The number of hydrogen-bond donors (Lipinski definition) is 1. The molecule has 0 spiro atoms. The Balaban J connectivity index is 2.00. The largest absolute Gasteiger partial charge is 0.461 e. The second kappa shape index (κ2) is 8.80. The number of nitrogen functional groups attached to an aromatic ring is 1. The Kier molecular flexibility index (Phi) is 6.21. The first kappa shape index (κ1) is 19.8. The Bertz CT molecular complexity index is 1000. The number of carbonyl (C=O) groups excluding carboxylic acids is 2. The van der Waals surface area contributed by atoms with Crippen LogP contribution >= 0.6 is 23.5 Å². The number of benzene rings is 1. The number of ether oxygens (including phenoxy) is 2. The molecule has 12 heteroatoms. The lowest BCUT2D eigenvalue weighted by Gasteiger charge is -2.02. The number of rotatable bonds is 7. The Morgan fingerprint density at radius 1 is 1.04 bits per heavy atom. The fourth-order valence-corrected chi connectivity index (χ4v) is 3.63. The lowest BCUT2D eigenvalue weighted by atomic mass is 10.3. The number of aromatic nitrogens is 5. The lowest BCUT2D eigenvalue weighted by Crippen LogP contribution is -2.08. The molecule has 0 atom stereocenters. The minimum absolute atomic E-state index is 0.0158. The maximum absolute atomic E-state index is 12.3. The molecule has 2 heterocycles. The SMILES string of the molecule is CCOC(=O)c1nsnc1Sc1nn(-c2ccccc2N)nc1C(=O)OCC. The molecule has 1 aromatic carbocycles. The predicted molar refractivity (Wildman–Crippen MR) is 102 cm³/mol. The molecule has 146 valence electrons. The average molecular weight is 420 g/mol. The molecule has 0 unspecified atom stereocenters. The molecule has 3 rings (SSSR count). The Labute approximate surface area is 168 Å². The Morgan fingerprint density at radius 3 is 2.39 bits per heavy atom. The van der Waals surface area contributed by atoms with E-state index in [1.807, 2.05) is 0 Å². The first-order valence-corrected chi connectivity index (χ1v) is 9.76. The third-order valence-corrected chi connectivity index (χ3v) is 4.91. The van der Waals surface area contributed by atoms with Gasteiger partial charge in [0.25, 0.3) is 0 Å². The van der Waals surface area contributed by atoms with Crippen molar-refractivity contribution in [2.45, 2.75) is 23.9 Å². The van der Waals surface area contributed by atoms with Gasteiger partial charge in [-0.25, -0.2) is 9.59 Å². The molecule has 28 heavy (non-hydrogen) atoms. The zero-order valence-corrected chi connectivity index (χ0v) is 16.6. The molecule has 0 saturated heterocycles. The number of hydrogen-bond acceptors (Lipinski definition) is 11. The van der Waals surface area contributed by atoms with Crippen LogP contribution in [0.3, 0.4) is 0 Å². The van der Waals surface area contributed by atoms with Gasteiger partial charge < -0.3 is 15.2 Å². The number of nitrogens with two attached hydrogens (primary N) is 1. The third kappa shape index (κ3) is 4.12. The van der Waals surface area contributed by atoms with Crippen LogP contribution in [-0.2, 0) is 9.47 Å². The minimum atomic E-state index is -0.647. The van der Waals surface area contributed by atoms with Crippen molar-refractivity contribution >= 4 is 41.1 Å². The van der Waals surface area contributed by atoms with Gasteiger partial charge in [-0.3, -0.25) is 0 Å². The van der Waals surface area contributed by atoms with E-state index in [9.17, 15) is 9.59 Å². The van der Waals surface area contributed by atoms with Crippen molar-refractivity contribution in [2.75, 3.05) is 18.9 Å². The van der Waals surface area contributed by atoms with Gasteiger partial charge in [0.15, 0.2) is 15.7 Å². The fourth-order valence-electron chi connectivity index (χ4n) is 2.13. The van der Waals surface area contributed by atoms with Gasteiger partial charge in [-0.1, -0.05) is 12.1 Å². The molecule has 2 N–H and O–H groups in total. The van der Waals surface area contributed by atoms with Crippen LogP contribution in [0.25, 0.3) is 5.69 Å². The first-order chi connectivity index (χ1) is 13.5. The van der Waals surface area contributed by atoms with Gasteiger partial charge in [-0.05, 0) is 37.7 Å². The van der Waals surface area contributed by atoms with Crippen LogP contribution < -0.4 is 5.73 Å². The highest BCUT2D eigenvalue weighted by Gasteiger charge is 2.26. The highest BCUT2D eigenvalue weighted by atomic mass is 32.2. The Hall–Kier alpha value is -2.99. The molecular weight excluding hydrogens is 404 g/mol. The van der Waals surface area contributed by atoms with E-state index >= 15 is 0 Å². The number of esters is 2. The van der Waals surface area contributed by atoms with Gasteiger partial charge in [-0.2, -0.15) is 8.75 Å². The second-order valence-corrected chi connectivity index (χ2v) is 6.67. The molecule has 2 aromatic heterocycles. The summed E-state index contributed by atoms with van der Waals surface area (Å²) in [4.78, 5) is 25.6. The van der Waals surface area contributed by atoms with E-state index in [1.54, 1.807) is 38.1 Å². The molecule has 0 aliphatic heterocycles. The summed E-state index contributed by atoms with van der Waals surface area (Å²) in [6, 6.07) is 6.96. The molecule has 3 aromatic rings. The minimum Gasteiger partial charge on any atom is -0.461 e. The number of para-hydroxylation sites is 2. The standard InChI is InChI=1S/C16H16N6O4S2/c1-3-25-15(23)11-13(19-22(18-11)10-8-6-5-7-9(10)17)27-14-12(20-28-21-14)16(24)26-4-2/h5-8H,3-4,17H2,1-2H3. The van der Waals surface area contributed by atoms with Gasteiger partial charge >= 0.3 is 11.9 Å². The van der Waals surface area contributed by atoms with Gasteiger partial charge in [0.05, 0.1) is 30.6 Å². The van der Waals surface area contributed by atoms with Crippen molar-refractivity contribution in [3.8, 4) is 5.69 Å². The van der Waals surface area contributed by atoms with Crippen LogP contribution in [0.1, 0.15) is 34.8 Å². The zero-order valence-electron chi connectivity index (χ0n) is 15.0. The quantitative estimate of drug-likeness (QED) is 0.447. The summed E-state index contributed by atoms with van der Waals surface area (Å²) in [6.45, 7) is 3.76. The molecule has 0 bridgehead atoms. The van der Waals surface area contributed by atoms with Crippen molar-refractivity contribution < 1.29 is 19.1 Å². The van der Waals surface area contributed by atoms with E-state index in [2.05, 4.69) is 18.9 Å². The van der Waals surface area contributed by atoms with E-state index in [0.717, 1.165) is 23.5 Å². The maximum atomic E-state index is 12.3. The second-order valence-electron chi connectivity index (χ2n) is 5.16. The van der Waals surface area contributed by atoms with Crippen LogP contribution in [0.5, 0.6) is 0 Å². The Morgan fingerprint density at radius 2 is 1.71 bits per heavy atom. The van der Waals surface area contributed by atoms with E-state index in [1.165, 1.54) is 4.80 Å². The highest BCUT2D eigenvalue weighted by Crippen LogP contribution is 2.31. The van der Waals surface area contributed by atoms with E-state index in [4.69, 9.17) is 15.2 Å². The van der Waals surface area contributed by atoms with Crippen molar-refractivity contribution in [1.29, 1.82) is 0 Å². The number of anilines is 1. The predicted octanol–water partition coefficient (Wildman–Crippen LogP) is 2.21. The van der Waals surface area contributed by atoms with Crippen LogP contribution in [0, 0.1) is 0 Å². The van der Waals surface area contributed by atoms with Gasteiger partial charge in [0, 0.05) is 0 Å². The summed E-state index contributed by atoms with van der Waals surface area (Å²) in [5.74, 6) is -1.25. The zero-order chi connectivity index (χ0) is 20.1. The molecule has 0 radical (unpaired) electrons. The molecule has 0 amide bonds. The highest BCUT2D eigenvalue weighted by molar-refractivity contribution is 7.99. The maximum Gasteiger partial charge on any atom is 0.361 e. The number of nitrogens with zero attached hydrogens (tertiary/aromatic N) is 5. The number of carbonyl (C=O) groups is 2. The summed E-state index contributed by atoms with van der Waals surface area (Å²) in [7, 11) is 0. The van der Waals surface area contributed by atoms with Gasteiger partial charge in [0.2, 0.25) is 5.69 Å². The molecule has 0 saturated carbocycles. The smallest absolute Gasteiger partial charge is 0.361 e. The van der Waals surface area contributed by atoms with Crippen LogP contribution in [0.15, 0.2) is 34.3 Å². The average Bonchev–Trinajstić information content (AvgIpc) is 3.30. The lowest BCUT2D eigenvalue weighted by molar-refractivity contribution is 0.0507. The van der Waals surface area contributed by atoms with Crippen LogP contribution in [0.4, 0.5) is 5.69 Å². The van der Waals surface area contributed by atoms with Crippen molar-refractivity contribution in [1.82, 2.24) is 23.7 Å². The third-order valence-electron chi connectivity index (χ3n) is 3.32. The molecule has 0 fully saturated rings. The topological polar surface area (TPSA) is 135 Å². The molecule has 0 aliphatic carbocycles. The van der Waals surface area contributed by atoms with Crippen molar-refractivity contribution in [3.05, 3.63) is 35.7 Å². The van der Waals surface area contributed by atoms with Crippen LogP contribution in [0.2, 0.25) is 0 Å². The molecular formula is C16H16N6O4S2.